The number of aliphatic imine (C=N–C) groups is 1. The second-order valence-electron chi connectivity index (χ2n) is 4.93. The number of hydrogen-bond acceptors (Lipinski definition) is 4. The van der Waals surface area contributed by atoms with Gasteiger partial charge in [-0.05, 0) is 30.5 Å². The van der Waals surface area contributed by atoms with Gasteiger partial charge in [-0.15, -0.1) is 24.0 Å². The van der Waals surface area contributed by atoms with Crippen LogP contribution in [-0.4, -0.2) is 40.3 Å². The van der Waals surface area contributed by atoms with Crippen LogP contribution in [0.4, 0.5) is 5.69 Å². The zero-order valence-electron chi connectivity index (χ0n) is 13.2. The number of benzene rings is 2. The van der Waals surface area contributed by atoms with E-state index >= 15 is 0 Å². The Morgan fingerprint density at radius 2 is 1.46 bits per heavy atom. The quantitative estimate of drug-likeness (QED) is 0.301. The number of amides is 2. The summed E-state index contributed by atoms with van der Waals surface area (Å²) in [5.41, 5.74) is 1.61. The van der Waals surface area contributed by atoms with Crippen LogP contribution in [0.15, 0.2) is 59.6 Å². The number of halogens is 1. The molecule has 1 aliphatic rings. The number of hydrogen-bond donors (Lipinski definition) is 0. The van der Waals surface area contributed by atoms with Gasteiger partial charge in [-0.3, -0.25) is 14.6 Å². The molecule has 0 aliphatic carbocycles. The summed E-state index contributed by atoms with van der Waals surface area (Å²) in [6, 6.07) is 16.2. The van der Waals surface area contributed by atoms with Crippen LogP contribution in [-0.2, 0) is 0 Å². The summed E-state index contributed by atoms with van der Waals surface area (Å²) in [6.45, 7) is 0. The summed E-state index contributed by atoms with van der Waals surface area (Å²) in [7, 11) is 1.67. The van der Waals surface area contributed by atoms with E-state index in [1.807, 2.05) is 36.6 Å². The maximum Gasteiger partial charge on any atom is 0.280 e. The van der Waals surface area contributed by atoms with Crippen molar-refractivity contribution in [3.05, 3.63) is 65.7 Å². The molecule has 5 nitrogen and oxygen atoms in total. The van der Waals surface area contributed by atoms with Gasteiger partial charge in [0.15, 0.2) is 5.17 Å². The van der Waals surface area contributed by atoms with Crippen molar-refractivity contribution in [3.63, 3.8) is 0 Å². The summed E-state index contributed by atoms with van der Waals surface area (Å²) in [6.07, 6.45) is 1.86. The van der Waals surface area contributed by atoms with Gasteiger partial charge in [0.25, 0.3) is 11.8 Å². The number of nitrogens with zero attached hydrogens (tertiary/aromatic N) is 3. The minimum atomic E-state index is -0.331. The summed E-state index contributed by atoms with van der Waals surface area (Å²) < 4.78 is 0. The van der Waals surface area contributed by atoms with Gasteiger partial charge in [-0.25, -0.2) is 4.99 Å². The van der Waals surface area contributed by atoms with Gasteiger partial charge in [-0.2, -0.15) is 5.01 Å². The number of fused-ring (bicyclic) bond motifs is 1. The molecule has 0 bridgehead atoms. The Balaban J connectivity index is 0.00000208. The number of rotatable bonds is 2. The smallest absolute Gasteiger partial charge is 0.267 e. The van der Waals surface area contributed by atoms with Crippen molar-refractivity contribution < 1.29 is 9.59 Å². The maximum atomic E-state index is 12.5. The normalized spacial score (nSPS) is 13.6. The fourth-order valence-corrected chi connectivity index (χ4v) is 2.94. The van der Waals surface area contributed by atoms with Gasteiger partial charge in [-0.1, -0.05) is 42.1 Å². The van der Waals surface area contributed by atoms with Crippen LogP contribution in [0.2, 0.25) is 0 Å². The topological polar surface area (TPSA) is 53.0 Å². The molecule has 0 aromatic heterocycles. The monoisotopic (exact) mass is 453 g/mol. The Labute approximate surface area is 161 Å². The van der Waals surface area contributed by atoms with E-state index in [9.17, 15) is 9.59 Å². The zero-order chi connectivity index (χ0) is 16.4. The lowest BCUT2D eigenvalue weighted by Crippen LogP contribution is -2.46. The molecule has 0 saturated heterocycles. The first-order valence-corrected chi connectivity index (χ1v) is 8.25. The van der Waals surface area contributed by atoms with Crippen molar-refractivity contribution in [2.24, 2.45) is 4.99 Å². The third kappa shape index (κ3) is 3.32. The molecule has 0 radical (unpaired) electrons. The second kappa shape index (κ2) is 7.80. The molecule has 2 aromatic rings. The molecule has 7 heteroatoms. The highest BCUT2D eigenvalue weighted by molar-refractivity contribution is 14.0. The molecule has 2 amide bonds. The summed E-state index contributed by atoms with van der Waals surface area (Å²) in [5.74, 6) is -0.661. The van der Waals surface area contributed by atoms with Gasteiger partial charge in [0.1, 0.15) is 0 Å². The Kier molecular flexibility index (Phi) is 6.00. The lowest BCUT2D eigenvalue weighted by atomic mass is 10.1. The first-order valence-electron chi connectivity index (χ1n) is 7.02. The molecular formula is C17H16IN3O2S. The highest BCUT2D eigenvalue weighted by Crippen LogP contribution is 2.25. The van der Waals surface area contributed by atoms with E-state index in [1.54, 1.807) is 31.3 Å². The molecule has 2 aromatic carbocycles. The minimum Gasteiger partial charge on any atom is -0.267 e. The number of amidine groups is 1. The van der Waals surface area contributed by atoms with Crippen LogP contribution in [0.3, 0.4) is 0 Å². The molecule has 0 atom stereocenters. The van der Waals surface area contributed by atoms with Crippen molar-refractivity contribution in [1.29, 1.82) is 0 Å². The van der Waals surface area contributed by atoms with Gasteiger partial charge < -0.3 is 0 Å². The minimum absolute atomic E-state index is 0. The number of carbonyl (C=O) groups is 2. The van der Waals surface area contributed by atoms with Crippen LogP contribution in [0.1, 0.15) is 20.7 Å². The fraction of sp³-hybridized carbons (Fsp3) is 0.118. The molecule has 124 valence electrons. The SMILES string of the molecule is CSC(=Nc1ccccc1)N(C)N1C(=O)c2ccccc2C1=O.I. The molecular weight excluding hydrogens is 437 g/mol. The van der Waals surface area contributed by atoms with Crippen molar-refractivity contribution in [1.82, 2.24) is 10.0 Å². The Morgan fingerprint density at radius 3 is 1.96 bits per heavy atom. The van der Waals surface area contributed by atoms with Crippen molar-refractivity contribution >= 4 is 58.4 Å². The first kappa shape index (κ1) is 18.5. The van der Waals surface area contributed by atoms with E-state index in [1.165, 1.54) is 16.8 Å². The first-order chi connectivity index (χ1) is 11.1. The van der Waals surface area contributed by atoms with Crippen LogP contribution in [0, 0.1) is 0 Å². The van der Waals surface area contributed by atoms with E-state index in [0.717, 1.165) is 10.7 Å². The average Bonchev–Trinajstić information content (AvgIpc) is 2.84. The van der Waals surface area contributed by atoms with Crippen molar-refractivity contribution in [3.8, 4) is 0 Å². The van der Waals surface area contributed by atoms with Crippen molar-refractivity contribution in [2.75, 3.05) is 13.3 Å². The number of thioether (sulfide) groups is 1. The predicted molar refractivity (Wildman–Crippen MR) is 107 cm³/mol. The van der Waals surface area contributed by atoms with Gasteiger partial charge in [0.2, 0.25) is 0 Å². The largest absolute Gasteiger partial charge is 0.280 e. The number of carbonyl (C=O) groups excluding carboxylic acids is 2. The number of imide groups is 1. The van der Waals surface area contributed by atoms with Gasteiger partial charge in [0, 0.05) is 7.05 Å². The standard InChI is InChI=1S/C17H15N3O2S.HI/c1-19(17(23-2)18-12-8-4-3-5-9-12)20-15(21)13-10-6-7-11-14(13)16(20)22;/h3-11H,1-2H3;1H. The molecule has 0 fully saturated rings. The molecule has 24 heavy (non-hydrogen) atoms. The Morgan fingerprint density at radius 1 is 0.958 bits per heavy atom. The van der Waals surface area contributed by atoms with E-state index in [4.69, 9.17) is 0 Å². The molecule has 0 N–H and O–H groups in total. The Hall–Kier alpha value is -1.87. The number of hydrazine groups is 1. The van der Waals surface area contributed by atoms with Gasteiger partial charge >= 0.3 is 0 Å². The molecule has 0 unspecified atom stereocenters. The summed E-state index contributed by atoms with van der Waals surface area (Å²) >= 11 is 1.37. The van der Waals surface area contributed by atoms with E-state index < -0.39 is 0 Å². The maximum absolute atomic E-state index is 12.5. The van der Waals surface area contributed by atoms with Crippen LogP contribution in [0.5, 0.6) is 0 Å². The van der Waals surface area contributed by atoms with Crippen LogP contribution >= 0.6 is 35.7 Å². The zero-order valence-corrected chi connectivity index (χ0v) is 16.3. The van der Waals surface area contributed by atoms with Crippen molar-refractivity contribution in [2.45, 2.75) is 0 Å². The Bertz CT molecular complexity index is 760. The van der Waals surface area contributed by atoms with Crippen LogP contribution in [0.25, 0.3) is 0 Å². The van der Waals surface area contributed by atoms with Crippen LogP contribution < -0.4 is 0 Å². The third-order valence-electron chi connectivity index (χ3n) is 3.51. The fourth-order valence-electron chi connectivity index (χ4n) is 2.40. The summed E-state index contributed by atoms with van der Waals surface area (Å²) in [4.78, 5) is 29.6. The molecule has 0 spiro atoms. The highest BCUT2D eigenvalue weighted by atomic mass is 127. The lowest BCUT2D eigenvalue weighted by molar-refractivity contribution is 0.0369. The third-order valence-corrected chi connectivity index (χ3v) is 4.23. The van der Waals surface area contributed by atoms with Gasteiger partial charge in [0.05, 0.1) is 16.8 Å². The van der Waals surface area contributed by atoms with E-state index in [0.29, 0.717) is 16.3 Å². The molecule has 0 saturated carbocycles. The average molecular weight is 453 g/mol. The highest BCUT2D eigenvalue weighted by Gasteiger charge is 2.39. The molecule has 1 heterocycles. The molecule has 3 rings (SSSR count). The second-order valence-corrected chi connectivity index (χ2v) is 5.70. The number of para-hydroxylation sites is 1. The summed E-state index contributed by atoms with van der Waals surface area (Å²) in [5, 5.41) is 3.19. The predicted octanol–water partition coefficient (Wildman–Crippen LogP) is 3.80. The molecule has 1 aliphatic heterocycles. The van der Waals surface area contributed by atoms with E-state index in [2.05, 4.69) is 4.99 Å². The van der Waals surface area contributed by atoms with E-state index in [-0.39, 0.29) is 35.8 Å². The lowest BCUT2D eigenvalue weighted by Gasteiger charge is -2.27.